The maximum atomic E-state index is 5.91. The van der Waals surface area contributed by atoms with Crippen molar-refractivity contribution in [3.63, 3.8) is 0 Å². The third kappa shape index (κ3) is 1.55. The third-order valence-electron chi connectivity index (χ3n) is 3.03. The van der Waals surface area contributed by atoms with E-state index in [2.05, 4.69) is 27.7 Å². The van der Waals surface area contributed by atoms with E-state index in [0.29, 0.717) is 0 Å². The van der Waals surface area contributed by atoms with Crippen molar-refractivity contribution in [2.75, 3.05) is 23.4 Å². The van der Waals surface area contributed by atoms with E-state index in [9.17, 15) is 0 Å². The molecule has 0 amide bonds. The number of rotatable bonds is 2. The Bertz CT molecular complexity index is 151. The molecule has 2 aliphatic heterocycles. The Morgan fingerprint density at radius 3 is 3.00 bits per heavy atom. The summed E-state index contributed by atoms with van der Waals surface area (Å²) in [6, 6.07) is 0. The van der Waals surface area contributed by atoms with Crippen LogP contribution in [0.25, 0.3) is 0 Å². The third-order valence-corrected chi connectivity index (χ3v) is 5.15. The van der Waals surface area contributed by atoms with Gasteiger partial charge in [-0.25, -0.2) is 0 Å². The number of halogens is 1. The minimum Gasteiger partial charge on any atom is -0.374 e. The van der Waals surface area contributed by atoms with Crippen molar-refractivity contribution in [1.82, 2.24) is 0 Å². The standard InChI is InChI=1S/C9H15BrOS/c10-7-9(3-1-4-11-9)8-2-5-12-6-8/h8H,1-7H2. The van der Waals surface area contributed by atoms with E-state index in [0.717, 1.165) is 17.9 Å². The zero-order valence-corrected chi connectivity index (χ0v) is 9.62. The fraction of sp³-hybridized carbons (Fsp3) is 1.00. The number of ether oxygens (including phenoxy) is 1. The number of hydrogen-bond donors (Lipinski definition) is 0. The average Bonchev–Trinajstić information content (AvgIpc) is 2.76. The maximum absolute atomic E-state index is 5.91. The lowest BCUT2D eigenvalue weighted by Crippen LogP contribution is -2.39. The second-order valence-electron chi connectivity index (χ2n) is 3.71. The van der Waals surface area contributed by atoms with Crippen LogP contribution in [0.2, 0.25) is 0 Å². The molecule has 12 heavy (non-hydrogen) atoms. The van der Waals surface area contributed by atoms with Crippen LogP contribution in [-0.2, 0) is 4.74 Å². The van der Waals surface area contributed by atoms with Crippen molar-refractivity contribution >= 4 is 27.7 Å². The summed E-state index contributed by atoms with van der Waals surface area (Å²) < 4.78 is 5.91. The van der Waals surface area contributed by atoms with Gasteiger partial charge in [-0.05, 0) is 36.7 Å². The lowest BCUT2D eigenvalue weighted by Gasteiger charge is -2.32. The van der Waals surface area contributed by atoms with Gasteiger partial charge in [0.1, 0.15) is 0 Å². The van der Waals surface area contributed by atoms with Crippen LogP contribution < -0.4 is 0 Å². The molecule has 0 spiro atoms. The van der Waals surface area contributed by atoms with Crippen LogP contribution in [0.1, 0.15) is 19.3 Å². The molecule has 2 atom stereocenters. The van der Waals surface area contributed by atoms with Crippen molar-refractivity contribution in [1.29, 1.82) is 0 Å². The Labute approximate surface area is 86.8 Å². The van der Waals surface area contributed by atoms with E-state index in [1.165, 1.54) is 30.8 Å². The summed E-state index contributed by atoms with van der Waals surface area (Å²) in [6.07, 6.45) is 3.88. The molecule has 0 aromatic carbocycles. The van der Waals surface area contributed by atoms with Crippen LogP contribution in [0.5, 0.6) is 0 Å². The highest BCUT2D eigenvalue weighted by Crippen LogP contribution is 2.41. The predicted octanol–water partition coefficient (Wildman–Crippen LogP) is 2.68. The lowest BCUT2D eigenvalue weighted by molar-refractivity contribution is -0.0151. The Balaban J connectivity index is 2.04. The number of thioether (sulfide) groups is 1. The summed E-state index contributed by atoms with van der Waals surface area (Å²) in [5.74, 6) is 3.46. The van der Waals surface area contributed by atoms with E-state index in [1.807, 2.05) is 0 Å². The van der Waals surface area contributed by atoms with E-state index >= 15 is 0 Å². The van der Waals surface area contributed by atoms with Crippen molar-refractivity contribution < 1.29 is 4.74 Å². The first-order chi connectivity index (χ1) is 5.87. The van der Waals surface area contributed by atoms with Gasteiger partial charge in [-0.1, -0.05) is 15.9 Å². The molecule has 2 aliphatic rings. The van der Waals surface area contributed by atoms with Gasteiger partial charge in [0.2, 0.25) is 0 Å². The molecule has 2 rings (SSSR count). The summed E-state index contributed by atoms with van der Waals surface area (Å²) in [5, 5.41) is 1.03. The Morgan fingerprint density at radius 1 is 1.58 bits per heavy atom. The largest absolute Gasteiger partial charge is 0.374 e. The first-order valence-electron chi connectivity index (χ1n) is 4.65. The van der Waals surface area contributed by atoms with Gasteiger partial charge in [0, 0.05) is 11.9 Å². The highest BCUT2D eigenvalue weighted by molar-refractivity contribution is 9.09. The van der Waals surface area contributed by atoms with Crippen LogP contribution in [0.15, 0.2) is 0 Å². The topological polar surface area (TPSA) is 9.23 Å². The molecule has 0 aromatic heterocycles. The smallest absolute Gasteiger partial charge is 0.0815 e. The van der Waals surface area contributed by atoms with Crippen LogP contribution in [-0.4, -0.2) is 29.0 Å². The molecular formula is C9H15BrOS. The van der Waals surface area contributed by atoms with E-state index < -0.39 is 0 Å². The Morgan fingerprint density at radius 2 is 2.50 bits per heavy atom. The fourth-order valence-electron chi connectivity index (χ4n) is 2.20. The number of alkyl halides is 1. The van der Waals surface area contributed by atoms with Gasteiger partial charge in [-0.2, -0.15) is 11.8 Å². The molecule has 0 aromatic rings. The van der Waals surface area contributed by atoms with Gasteiger partial charge < -0.3 is 4.74 Å². The monoisotopic (exact) mass is 250 g/mol. The zero-order valence-electron chi connectivity index (χ0n) is 7.22. The van der Waals surface area contributed by atoms with E-state index in [-0.39, 0.29) is 5.60 Å². The quantitative estimate of drug-likeness (QED) is 0.698. The minimum absolute atomic E-state index is 0.212. The molecule has 3 heteroatoms. The molecular weight excluding hydrogens is 236 g/mol. The predicted molar refractivity (Wildman–Crippen MR) is 57.1 cm³/mol. The van der Waals surface area contributed by atoms with Gasteiger partial charge in [0.25, 0.3) is 0 Å². The molecule has 2 saturated heterocycles. The second-order valence-corrected chi connectivity index (χ2v) is 5.42. The van der Waals surface area contributed by atoms with Crippen molar-refractivity contribution in [2.45, 2.75) is 24.9 Å². The van der Waals surface area contributed by atoms with Crippen LogP contribution in [0, 0.1) is 5.92 Å². The molecule has 70 valence electrons. The Kier molecular flexibility index (Phi) is 3.03. The molecule has 0 bridgehead atoms. The SMILES string of the molecule is BrCC1(C2CCSC2)CCCO1. The average molecular weight is 251 g/mol. The van der Waals surface area contributed by atoms with Crippen molar-refractivity contribution in [3.05, 3.63) is 0 Å². The zero-order chi connectivity index (χ0) is 8.44. The molecule has 2 fully saturated rings. The van der Waals surface area contributed by atoms with E-state index in [1.54, 1.807) is 0 Å². The van der Waals surface area contributed by atoms with Crippen molar-refractivity contribution in [2.24, 2.45) is 5.92 Å². The normalized spacial score (nSPS) is 42.2. The first-order valence-corrected chi connectivity index (χ1v) is 6.93. The highest BCUT2D eigenvalue weighted by Gasteiger charge is 2.42. The summed E-state index contributed by atoms with van der Waals surface area (Å²) in [4.78, 5) is 0. The van der Waals surface area contributed by atoms with Gasteiger partial charge in [0.05, 0.1) is 5.60 Å². The van der Waals surface area contributed by atoms with Crippen LogP contribution >= 0.6 is 27.7 Å². The van der Waals surface area contributed by atoms with Crippen LogP contribution in [0.4, 0.5) is 0 Å². The molecule has 1 nitrogen and oxygen atoms in total. The highest BCUT2D eigenvalue weighted by atomic mass is 79.9. The minimum atomic E-state index is 0.212. The van der Waals surface area contributed by atoms with Gasteiger partial charge >= 0.3 is 0 Å². The summed E-state index contributed by atoms with van der Waals surface area (Å²) in [5.41, 5.74) is 0.212. The molecule has 0 saturated carbocycles. The summed E-state index contributed by atoms with van der Waals surface area (Å²) in [6.45, 7) is 0.979. The maximum Gasteiger partial charge on any atom is 0.0815 e. The molecule has 2 unspecified atom stereocenters. The number of hydrogen-bond acceptors (Lipinski definition) is 2. The van der Waals surface area contributed by atoms with Gasteiger partial charge in [0.15, 0.2) is 0 Å². The molecule has 0 N–H and O–H groups in total. The van der Waals surface area contributed by atoms with Crippen molar-refractivity contribution in [3.8, 4) is 0 Å². The second kappa shape index (κ2) is 3.89. The Hall–Kier alpha value is 0.790. The molecule has 2 heterocycles. The fourth-order valence-corrected chi connectivity index (χ4v) is 4.48. The molecule has 0 aliphatic carbocycles. The van der Waals surface area contributed by atoms with Crippen LogP contribution in [0.3, 0.4) is 0 Å². The van der Waals surface area contributed by atoms with Gasteiger partial charge in [-0.15, -0.1) is 0 Å². The van der Waals surface area contributed by atoms with E-state index in [4.69, 9.17) is 4.74 Å². The first kappa shape index (κ1) is 9.35. The summed E-state index contributed by atoms with van der Waals surface area (Å²) in [7, 11) is 0. The lowest BCUT2D eigenvalue weighted by atomic mass is 9.86. The summed E-state index contributed by atoms with van der Waals surface area (Å²) >= 11 is 5.69. The van der Waals surface area contributed by atoms with Gasteiger partial charge in [-0.3, -0.25) is 0 Å². The molecule has 0 radical (unpaired) electrons.